The number of aryl methyl sites for hydroxylation is 1. The van der Waals surface area contributed by atoms with E-state index < -0.39 is 0 Å². The average molecular weight is 284 g/mol. The number of aromatic nitrogens is 4. The van der Waals surface area contributed by atoms with Crippen molar-refractivity contribution in [3.8, 4) is 17.5 Å². The van der Waals surface area contributed by atoms with Gasteiger partial charge in [-0.25, -0.2) is 0 Å². The van der Waals surface area contributed by atoms with Gasteiger partial charge in [-0.05, 0) is 31.5 Å². The number of rotatable bonds is 1. The highest BCUT2D eigenvalue weighted by Gasteiger charge is 2.14. The summed E-state index contributed by atoms with van der Waals surface area (Å²) in [6.45, 7) is 3.83. The topological polar surface area (TPSA) is 66.9 Å². The van der Waals surface area contributed by atoms with Crippen LogP contribution in [0, 0.1) is 25.2 Å². The van der Waals surface area contributed by atoms with Gasteiger partial charge in [0.25, 0.3) is 0 Å². The van der Waals surface area contributed by atoms with Crippen molar-refractivity contribution in [2.24, 2.45) is 0 Å². The first-order valence-electron chi connectivity index (χ1n) is 6.00. The van der Waals surface area contributed by atoms with Crippen LogP contribution in [0.2, 0.25) is 5.15 Å². The molecular weight excluding hydrogens is 274 g/mol. The molecule has 0 saturated carbocycles. The summed E-state index contributed by atoms with van der Waals surface area (Å²) in [6.07, 6.45) is 0. The number of hydrogen-bond donors (Lipinski definition) is 0. The van der Waals surface area contributed by atoms with Crippen LogP contribution < -0.4 is 0 Å². The molecule has 0 bridgehead atoms. The average Bonchev–Trinajstić information content (AvgIpc) is 2.88. The number of benzene rings is 1. The normalized spacial score (nSPS) is 10.7. The molecule has 98 valence electrons. The molecule has 3 aromatic rings. The summed E-state index contributed by atoms with van der Waals surface area (Å²) in [6, 6.07) is 9.26. The molecule has 0 unspecified atom stereocenters. The fourth-order valence-electron chi connectivity index (χ4n) is 2.00. The highest BCUT2D eigenvalue weighted by atomic mass is 35.5. The SMILES string of the molecule is Cc1c(Cl)nn2c(-c3cccc(C#N)c3)nnc2c1C. The van der Waals surface area contributed by atoms with Crippen molar-refractivity contribution in [3.05, 3.63) is 46.1 Å². The van der Waals surface area contributed by atoms with Gasteiger partial charge in [-0.1, -0.05) is 23.7 Å². The molecule has 3 rings (SSSR count). The maximum absolute atomic E-state index is 8.97. The molecule has 0 amide bonds. The molecular formula is C14H10ClN5. The lowest BCUT2D eigenvalue weighted by atomic mass is 10.1. The summed E-state index contributed by atoms with van der Waals surface area (Å²) in [4.78, 5) is 0. The van der Waals surface area contributed by atoms with Crippen LogP contribution in [0.5, 0.6) is 0 Å². The van der Waals surface area contributed by atoms with Gasteiger partial charge in [0.2, 0.25) is 0 Å². The zero-order valence-electron chi connectivity index (χ0n) is 10.9. The maximum atomic E-state index is 8.97. The van der Waals surface area contributed by atoms with E-state index in [1.54, 1.807) is 22.7 Å². The fraction of sp³-hybridized carbons (Fsp3) is 0.143. The van der Waals surface area contributed by atoms with Crippen molar-refractivity contribution < 1.29 is 0 Å². The van der Waals surface area contributed by atoms with E-state index >= 15 is 0 Å². The standard InChI is InChI=1S/C14H10ClN5/c1-8-9(2)13-17-18-14(20(13)19-12(8)15)11-5-3-4-10(6-11)7-16/h3-6H,1-2H3. The number of nitrogens with zero attached hydrogens (tertiary/aromatic N) is 5. The lowest BCUT2D eigenvalue weighted by Crippen LogP contribution is -2.00. The minimum Gasteiger partial charge on any atom is -0.192 e. The Labute approximate surface area is 120 Å². The molecule has 0 aliphatic carbocycles. The molecule has 0 saturated heterocycles. The second-order valence-corrected chi connectivity index (χ2v) is 4.85. The second kappa shape index (κ2) is 4.58. The van der Waals surface area contributed by atoms with E-state index in [2.05, 4.69) is 21.4 Å². The van der Waals surface area contributed by atoms with Crippen LogP contribution in [-0.4, -0.2) is 19.8 Å². The third-order valence-corrected chi connectivity index (χ3v) is 3.64. The molecule has 2 aromatic heterocycles. The molecule has 0 aliphatic heterocycles. The number of hydrogen-bond acceptors (Lipinski definition) is 4. The third kappa shape index (κ3) is 1.82. The van der Waals surface area contributed by atoms with E-state index in [1.807, 2.05) is 19.9 Å². The lowest BCUT2D eigenvalue weighted by molar-refractivity contribution is 0.919. The minimum atomic E-state index is 0.424. The molecule has 6 heteroatoms. The second-order valence-electron chi connectivity index (χ2n) is 4.49. The van der Waals surface area contributed by atoms with Crippen LogP contribution in [0.15, 0.2) is 24.3 Å². The largest absolute Gasteiger partial charge is 0.192 e. The predicted molar refractivity (Wildman–Crippen MR) is 75.4 cm³/mol. The zero-order chi connectivity index (χ0) is 14.3. The maximum Gasteiger partial charge on any atom is 0.185 e. The van der Waals surface area contributed by atoms with Gasteiger partial charge < -0.3 is 0 Å². The Balaban J connectivity index is 2.30. The van der Waals surface area contributed by atoms with Crippen LogP contribution in [-0.2, 0) is 0 Å². The summed E-state index contributed by atoms with van der Waals surface area (Å²) in [7, 11) is 0. The molecule has 0 spiro atoms. The monoisotopic (exact) mass is 283 g/mol. The quantitative estimate of drug-likeness (QED) is 0.688. The van der Waals surface area contributed by atoms with E-state index in [9.17, 15) is 0 Å². The summed E-state index contributed by atoms with van der Waals surface area (Å²) >= 11 is 6.13. The first kappa shape index (κ1) is 12.6. The van der Waals surface area contributed by atoms with Gasteiger partial charge in [0.05, 0.1) is 11.6 Å². The van der Waals surface area contributed by atoms with Crippen molar-refractivity contribution in [2.75, 3.05) is 0 Å². The number of nitriles is 1. The lowest BCUT2D eigenvalue weighted by Gasteiger charge is -2.05. The molecule has 5 nitrogen and oxygen atoms in total. The van der Waals surface area contributed by atoms with Crippen LogP contribution in [0.4, 0.5) is 0 Å². The molecule has 20 heavy (non-hydrogen) atoms. The zero-order valence-corrected chi connectivity index (χ0v) is 11.7. The van der Waals surface area contributed by atoms with Crippen molar-refractivity contribution in [1.29, 1.82) is 5.26 Å². The van der Waals surface area contributed by atoms with Crippen molar-refractivity contribution in [1.82, 2.24) is 19.8 Å². The van der Waals surface area contributed by atoms with Gasteiger partial charge in [0, 0.05) is 11.1 Å². The van der Waals surface area contributed by atoms with Gasteiger partial charge in [0.15, 0.2) is 16.6 Å². The highest BCUT2D eigenvalue weighted by Crippen LogP contribution is 2.24. The predicted octanol–water partition coefficient (Wildman–Crippen LogP) is 2.93. The van der Waals surface area contributed by atoms with E-state index in [4.69, 9.17) is 16.9 Å². The van der Waals surface area contributed by atoms with Crippen LogP contribution in [0.3, 0.4) is 0 Å². The van der Waals surface area contributed by atoms with Crippen molar-refractivity contribution in [3.63, 3.8) is 0 Å². The van der Waals surface area contributed by atoms with Gasteiger partial charge in [0.1, 0.15) is 0 Å². The Morgan fingerprint density at radius 2 is 2.00 bits per heavy atom. The highest BCUT2D eigenvalue weighted by molar-refractivity contribution is 6.30. The molecule has 1 aromatic carbocycles. The molecule has 0 fully saturated rings. The van der Waals surface area contributed by atoms with E-state index in [1.165, 1.54) is 0 Å². The molecule has 0 atom stereocenters. The van der Waals surface area contributed by atoms with Crippen LogP contribution in [0.1, 0.15) is 16.7 Å². The van der Waals surface area contributed by atoms with Gasteiger partial charge in [-0.3, -0.25) is 0 Å². The molecule has 2 heterocycles. The summed E-state index contributed by atoms with van der Waals surface area (Å²) in [5.41, 5.74) is 3.85. The Morgan fingerprint density at radius 3 is 2.75 bits per heavy atom. The van der Waals surface area contributed by atoms with Crippen LogP contribution >= 0.6 is 11.6 Å². The summed E-state index contributed by atoms with van der Waals surface area (Å²) in [5.74, 6) is 0.571. The number of halogens is 1. The number of fused-ring (bicyclic) bond motifs is 1. The smallest absolute Gasteiger partial charge is 0.185 e. The third-order valence-electron chi connectivity index (χ3n) is 3.29. The first-order chi connectivity index (χ1) is 9.61. The summed E-state index contributed by atoms with van der Waals surface area (Å²) in [5, 5.41) is 22.0. The van der Waals surface area contributed by atoms with Crippen molar-refractivity contribution in [2.45, 2.75) is 13.8 Å². The van der Waals surface area contributed by atoms with E-state index in [0.717, 1.165) is 16.7 Å². The first-order valence-corrected chi connectivity index (χ1v) is 6.38. The van der Waals surface area contributed by atoms with Crippen molar-refractivity contribution >= 4 is 17.2 Å². The Hall–Kier alpha value is -2.45. The summed E-state index contributed by atoms with van der Waals surface area (Å²) < 4.78 is 1.61. The van der Waals surface area contributed by atoms with Gasteiger partial charge >= 0.3 is 0 Å². The van der Waals surface area contributed by atoms with Crippen LogP contribution in [0.25, 0.3) is 17.0 Å². The van der Waals surface area contributed by atoms with E-state index in [0.29, 0.717) is 22.2 Å². The van der Waals surface area contributed by atoms with E-state index in [-0.39, 0.29) is 0 Å². The fourth-order valence-corrected chi connectivity index (χ4v) is 2.22. The molecule has 0 N–H and O–H groups in total. The molecule has 0 radical (unpaired) electrons. The molecule has 0 aliphatic rings. The van der Waals surface area contributed by atoms with Gasteiger partial charge in [-0.15, -0.1) is 10.2 Å². The Bertz CT molecular complexity index is 860. The van der Waals surface area contributed by atoms with Gasteiger partial charge in [-0.2, -0.15) is 14.9 Å². The Kier molecular flexibility index (Phi) is 2.88. The minimum absolute atomic E-state index is 0.424. The Morgan fingerprint density at radius 1 is 1.20 bits per heavy atom.